The molecule has 0 unspecified atom stereocenters. The molecule has 0 radical (unpaired) electrons. The van der Waals surface area contributed by atoms with Crippen molar-refractivity contribution >= 4 is 29.4 Å². The molecule has 8 heteroatoms. The molecule has 2 heterocycles. The molecule has 0 bridgehead atoms. The Bertz CT molecular complexity index is 763. The number of benzene rings is 1. The van der Waals surface area contributed by atoms with Crippen LogP contribution in [0.3, 0.4) is 0 Å². The molecule has 1 aromatic rings. The molecule has 1 atom stereocenters. The molecule has 27 heavy (non-hydrogen) atoms. The normalized spacial score (nSPS) is 19.9. The molecule has 2 saturated heterocycles. The van der Waals surface area contributed by atoms with E-state index in [2.05, 4.69) is 0 Å². The molecule has 2 N–H and O–H groups in total. The van der Waals surface area contributed by atoms with E-state index in [9.17, 15) is 19.2 Å². The number of ether oxygens (including phenoxy) is 1. The highest BCUT2D eigenvalue weighted by molar-refractivity contribution is 5.98. The standard InChI is InChI=1S/C19H23N3O5/c20-18(25)15-7-1-2-9-22(15)17(24)12-27-19(26)13-5-3-6-14(11-13)21-10-4-8-16(21)23/h3,5-6,11,15H,1-2,4,7-10,12H2,(H2,20,25)/t15-/m0/s1. The first-order chi connectivity index (χ1) is 13.0. The summed E-state index contributed by atoms with van der Waals surface area (Å²) in [4.78, 5) is 51.0. The lowest BCUT2D eigenvalue weighted by Gasteiger charge is -2.33. The van der Waals surface area contributed by atoms with Crippen LogP contribution < -0.4 is 10.6 Å². The average Bonchev–Trinajstić information content (AvgIpc) is 3.11. The van der Waals surface area contributed by atoms with Crippen molar-refractivity contribution in [3.05, 3.63) is 29.8 Å². The lowest BCUT2D eigenvalue weighted by molar-refractivity contribution is -0.143. The van der Waals surface area contributed by atoms with Crippen LogP contribution >= 0.6 is 0 Å². The third-order valence-electron chi connectivity index (χ3n) is 4.95. The van der Waals surface area contributed by atoms with Gasteiger partial charge in [-0.05, 0) is 43.9 Å². The van der Waals surface area contributed by atoms with Crippen LogP contribution in [0, 0.1) is 0 Å². The van der Waals surface area contributed by atoms with Gasteiger partial charge in [-0.15, -0.1) is 0 Å². The minimum atomic E-state index is -0.649. The van der Waals surface area contributed by atoms with Crippen molar-refractivity contribution in [3.8, 4) is 0 Å². The third-order valence-corrected chi connectivity index (χ3v) is 4.95. The molecule has 3 rings (SSSR count). The van der Waals surface area contributed by atoms with E-state index in [1.807, 2.05) is 0 Å². The number of piperidine rings is 1. The quantitative estimate of drug-likeness (QED) is 0.769. The number of carbonyl (C=O) groups is 4. The first-order valence-corrected chi connectivity index (χ1v) is 9.13. The van der Waals surface area contributed by atoms with Crippen molar-refractivity contribution in [2.24, 2.45) is 5.73 Å². The monoisotopic (exact) mass is 373 g/mol. The number of hydrogen-bond donors (Lipinski definition) is 1. The third kappa shape index (κ3) is 4.27. The van der Waals surface area contributed by atoms with Crippen LogP contribution in [-0.2, 0) is 19.1 Å². The van der Waals surface area contributed by atoms with Crippen LogP contribution in [0.15, 0.2) is 24.3 Å². The van der Waals surface area contributed by atoms with Crippen molar-refractivity contribution in [2.45, 2.75) is 38.1 Å². The molecule has 0 aliphatic carbocycles. The second-order valence-electron chi connectivity index (χ2n) is 6.78. The summed E-state index contributed by atoms with van der Waals surface area (Å²) in [5.74, 6) is -1.60. The highest BCUT2D eigenvalue weighted by atomic mass is 16.5. The van der Waals surface area contributed by atoms with Gasteiger partial charge in [0.25, 0.3) is 5.91 Å². The molecule has 1 aromatic carbocycles. The maximum Gasteiger partial charge on any atom is 0.338 e. The highest BCUT2D eigenvalue weighted by Gasteiger charge is 2.31. The van der Waals surface area contributed by atoms with Gasteiger partial charge in [-0.1, -0.05) is 6.07 Å². The molecule has 2 aliphatic heterocycles. The van der Waals surface area contributed by atoms with Gasteiger partial charge in [0.05, 0.1) is 5.56 Å². The minimum absolute atomic E-state index is 0.0262. The Morgan fingerprint density at radius 1 is 1.15 bits per heavy atom. The van der Waals surface area contributed by atoms with Gasteiger partial charge in [0.15, 0.2) is 6.61 Å². The van der Waals surface area contributed by atoms with Gasteiger partial charge < -0.3 is 20.3 Å². The summed E-state index contributed by atoms with van der Waals surface area (Å²) in [6.07, 6.45) is 3.44. The zero-order valence-corrected chi connectivity index (χ0v) is 15.1. The largest absolute Gasteiger partial charge is 0.452 e. The Kier molecular flexibility index (Phi) is 5.73. The number of hydrogen-bond acceptors (Lipinski definition) is 5. The summed E-state index contributed by atoms with van der Waals surface area (Å²) in [6, 6.07) is 5.95. The van der Waals surface area contributed by atoms with E-state index in [1.165, 1.54) is 4.90 Å². The second-order valence-corrected chi connectivity index (χ2v) is 6.78. The lowest BCUT2D eigenvalue weighted by Crippen LogP contribution is -2.51. The van der Waals surface area contributed by atoms with Crippen molar-refractivity contribution in [2.75, 3.05) is 24.6 Å². The van der Waals surface area contributed by atoms with E-state index in [0.717, 1.165) is 19.3 Å². The van der Waals surface area contributed by atoms with E-state index in [1.54, 1.807) is 29.2 Å². The van der Waals surface area contributed by atoms with Gasteiger partial charge in [0.2, 0.25) is 11.8 Å². The molecule has 2 aliphatic rings. The fourth-order valence-electron chi connectivity index (χ4n) is 3.54. The highest BCUT2D eigenvalue weighted by Crippen LogP contribution is 2.23. The first-order valence-electron chi connectivity index (χ1n) is 9.13. The molecular weight excluding hydrogens is 350 g/mol. The van der Waals surface area contributed by atoms with E-state index in [-0.39, 0.29) is 11.5 Å². The Balaban J connectivity index is 1.61. The van der Waals surface area contributed by atoms with Gasteiger partial charge in [-0.2, -0.15) is 0 Å². The van der Waals surface area contributed by atoms with Crippen LogP contribution in [0.1, 0.15) is 42.5 Å². The SMILES string of the molecule is NC(=O)[C@@H]1CCCCN1C(=O)COC(=O)c1cccc(N2CCCC2=O)c1. The maximum atomic E-state index is 12.4. The Morgan fingerprint density at radius 3 is 2.67 bits per heavy atom. The Labute approximate surface area is 157 Å². The van der Waals surface area contributed by atoms with Gasteiger partial charge in [0.1, 0.15) is 6.04 Å². The van der Waals surface area contributed by atoms with Gasteiger partial charge in [-0.3, -0.25) is 14.4 Å². The molecule has 3 amide bonds. The van der Waals surface area contributed by atoms with E-state index in [0.29, 0.717) is 31.6 Å². The molecule has 2 fully saturated rings. The molecular formula is C19H23N3O5. The summed E-state index contributed by atoms with van der Waals surface area (Å²) in [6.45, 7) is 0.602. The summed E-state index contributed by atoms with van der Waals surface area (Å²) >= 11 is 0. The van der Waals surface area contributed by atoms with Crippen LogP contribution in [-0.4, -0.2) is 54.3 Å². The fraction of sp³-hybridized carbons (Fsp3) is 0.474. The van der Waals surface area contributed by atoms with E-state index < -0.39 is 30.4 Å². The first kappa shape index (κ1) is 18.9. The number of primary amides is 1. The summed E-state index contributed by atoms with van der Waals surface area (Å²) in [5.41, 5.74) is 6.27. The predicted molar refractivity (Wildman–Crippen MR) is 96.9 cm³/mol. The summed E-state index contributed by atoms with van der Waals surface area (Å²) < 4.78 is 5.13. The zero-order chi connectivity index (χ0) is 19.4. The molecule has 0 aromatic heterocycles. The zero-order valence-electron chi connectivity index (χ0n) is 15.1. The average molecular weight is 373 g/mol. The number of rotatable bonds is 5. The molecule has 0 spiro atoms. The maximum absolute atomic E-state index is 12.4. The number of carbonyl (C=O) groups excluding carboxylic acids is 4. The second kappa shape index (κ2) is 8.20. The van der Waals surface area contributed by atoms with Crippen LogP contribution in [0.5, 0.6) is 0 Å². The summed E-state index contributed by atoms with van der Waals surface area (Å²) in [5, 5.41) is 0. The Hall–Kier alpha value is -2.90. The Morgan fingerprint density at radius 2 is 1.96 bits per heavy atom. The van der Waals surface area contributed by atoms with E-state index >= 15 is 0 Å². The van der Waals surface area contributed by atoms with Gasteiger partial charge >= 0.3 is 5.97 Å². The van der Waals surface area contributed by atoms with E-state index in [4.69, 9.17) is 10.5 Å². The number of esters is 1. The number of amides is 3. The number of anilines is 1. The topological polar surface area (TPSA) is 110 Å². The lowest BCUT2D eigenvalue weighted by atomic mass is 10.0. The van der Waals surface area contributed by atoms with Crippen LogP contribution in [0.2, 0.25) is 0 Å². The van der Waals surface area contributed by atoms with Gasteiger partial charge in [0, 0.05) is 25.2 Å². The number of likely N-dealkylation sites (tertiary alicyclic amines) is 1. The molecule has 0 saturated carbocycles. The van der Waals surface area contributed by atoms with Crippen molar-refractivity contribution in [1.82, 2.24) is 4.90 Å². The molecule has 8 nitrogen and oxygen atoms in total. The van der Waals surface area contributed by atoms with Crippen molar-refractivity contribution < 1.29 is 23.9 Å². The van der Waals surface area contributed by atoms with Crippen molar-refractivity contribution in [3.63, 3.8) is 0 Å². The van der Waals surface area contributed by atoms with Crippen LogP contribution in [0.4, 0.5) is 5.69 Å². The van der Waals surface area contributed by atoms with Gasteiger partial charge in [-0.25, -0.2) is 4.79 Å². The molecule has 144 valence electrons. The van der Waals surface area contributed by atoms with Crippen molar-refractivity contribution in [1.29, 1.82) is 0 Å². The predicted octanol–water partition coefficient (Wildman–Crippen LogP) is 0.837. The minimum Gasteiger partial charge on any atom is -0.452 e. The van der Waals surface area contributed by atoms with Crippen LogP contribution in [0.25, 0.3) is 0 Å². The summed E-state index contributed by atoms with van der Waals surface area (Å²) in [7, 11) is 0. The smallest absolute Gasteiger partial charge is 0.338 e. The fourth-order valence-corrected chi connectivity index (χ4v) is 3.54. The number of nitrogens with zero attached hydrogens (tertiary/aromatic N) is 2. The number of nitrogens with two attached hydrogens (primary N) is 1.